The highest BCUT2D eigenvalue weighted by atomic mass is 19.1. The maximum absolute atomic E-state index is 12.8. The van der Waals surface area contributed by atoms with Crippen molar-refractivity contribution in [2.75, 3.05) is 6.54 Å². The zero-order valence-electron chi connectivity index (χ0n) is 12.2. The second-order valence-corrected chi connectivity index (χ2v) is 5.47. The smallest absolute Gasteiger partial charge is 0.271 e. The molecule has 116 valence electrons. The summed E-state index contributed by atoms with van der Waals surface area (Å²) < 4.78 is 19.8. The van der Waals surface area contributed by atoms with Crippen molar-refractivity contribution in [1.82, 2.24) is 15.1 Å². The third-order valence-electron chi connectivity index (χ3n) is 3.83. The van der Waals surface area contributed by atoms with E-state index in [4.69, 9.17) is 4.74 Å². The van der Waals surface area contributed by atoms with Crippen molar-refractivity contribution in [3.05, 3.63) is 48.0 Å². The quantitative estimate of drug-likeness (QED) is 0.892. The van der Waals surface area contributed by atoms with E-state index < -0.39 is 0 Å². The maximum atomic E-state index is 12.8. The minimum absolute atomic E-state index is 0.160. The Kier molecular flexibility index (Phi) is 4.37. The van der Waals surface area contributed by atoms with Crippen LogP contribution in [-0.4, -0.2) is 22.2 Å². The Hall–Kier alpha value is -2.37. The summed E-state index contributed by atoms with van der Waals surface area (Å²) >= 11 is 0. The van der Waals surface area contributed by atoms with Gasteiger partial charge < -0.3 is 10.1 Å². The second kappa shape index (κ2) is 6.60. The molecule has 6 heteroatoms. The van der Waals surface area contributed by atoms with Gasteiger partial charge >= 0.3 is 0 Å². The van der Waals surface area contributed by atoms with E-state index in [1.54, 1.807) is 24.4 Å². The summed E-state index contributed by atoms with van der Waals surface area (Å²) in [6.07, 6.45) is 5.33. The van der Waals surface area contributed by atoms with Crippen LogP contribution in [0.15, 0.2) is 36.5 Å². The minimum Gasteiger partial charge on any atom is -0.471 e. The fourth-order valence-corrected chi connectivity index (χ4v) is 2.25. The van der Waals surface area contributed by atoms with Gasteiger partial charge in [0.1, 0.15) is 17.3 Å². The monoisotopic (exact) mass is 303 g/mol. The van der Waals surface area contributed by atoms with Crippen molar-refractivity contribution >= 4 is 5.91 Å². The molecule has 1 aromatic carbocycles. The van der Waals surface area contributed by atoms with E-state index >= 15 is 0 Å². The lowest BCUT2D eigenvalue weighted by Crippen LogP contribution is -2.32. The Balaban J connectivity index is 1.49. The van der Waals surface area contributed by atoms with Crippen LogP contribution in [0.2, 0.25) is 0 Å². The number of carbonyl (C=O) groups is 1. The van der Waals surface area contributed by atoms with Crippen LogP contribution in [0, 0.1) is 11.7 Å². The number of hydrogen-bond donors (Lipinski definition) is 1. The molecule has 1 fully saturated rings. The molecule has 1 N–H and O–H groups in total. The first kappa shape index (κ1) is 14.6. The Morgan fingerprint density at radius 3 is 2.77 bits per heavy atom. The van der Waals surface area contributed by atoms with E-state index in [0.717, 1.165) is 6.54 Å². The predicted octanol–water partition coefficient (Wildman–Crippen LogP) is 2.59. The van der Waals surface area contributed by atoms with Gasteiger partial charge in [-0.3, -0.25) is 4.79 Å². The third kappa shape index (κ3) is 3.63. The lowest BCUT2D eigenvalue weighted by atomic mass is 9.85. The molecule has 1 heterocycles. The Bertz CT molecular complexity index is 635. The molecule has 3 rings (SSSR count). The summed E-state index contributed by atoms with van der Waals surface area (Å²) in [6, 6.07) is 7.41. The van der Waals surface area contributed by atoms with Crippen LogP contribution in [0.3, 0.4) is 0 Å². The highest BCUT2D eigenvalue weighted by Gasteiger charge is 2.18. The first-order valence-electron chi connectivity index (χ1n) is 7.41. The fourth-order valence-electron chi connectivity index (χ4n) is 2.25. The Morgan fingerprint density at radius 1 is 1.32 bits per heavy atom. The molecule has 0 saturated heterocycles. The molecule has 2 aromatic rings. The van der Waals surface area contributed by atoms with Crippen molar-refractivity contribution in [2.45, 2.75) is 26.0 Å². The van der Waals surface area contributed by atoms with E-state index in [-0.39, 0.29) is 18.5 Å². The van der Waals surface area contributed by atoms with Crippen LogP contribution in [0.25, 0.3) is 0 Å². The van der Waals surface area contributed by atoms with Crippen molar-refractivity contribution in [1.29, 1.82) is 0 Å². The molecule has 0 aliphatic heterocycles. The number of nitrogens with one attached hydrogen (secondary N) is 1. The molecule has 0 unspecified atom stereocenters. The van der Waals surface area contributed by atoms with Crippen LogP contribution in [0.5, 0.6) is 5.75 Å². The lowest BCUT2D eigenvalue weighted by molar-refractivity contribution is 0.0932. The van der Waals surface area contributed by atoms with Gasteiger partial charge in [0.05, 0.1) is 0 Å². The van der Waals surface area contributed by atoms with Gasteiger partial charge in [-0.1, -0.05) is 6.42 Å². The van der Waals surface area contributed by atoms with Gasteiger partial charge in [-0.15, -0.1) is 0 Å². The summed E-state index contributed by atoms with van der Waals surface area (Å²) in [4.78, 5) is 11.9. The molecular formula is C16H18FN3O2. The minimum atomic E-state index is -0.308. The molecule has 22 heavy (non-hydrogen) atoms. The molecule has 0 spiro atoms. The first-order valence-corrected chi connectivity index (χ1v) is 7.41. The average Bonchev–Trinajstić information content (AvgIpc) is 2.94. The molecule has 1 amide bonds. The van der Waals surface area contributed by atoms with Crippen LogP contribution in [0.4, 0.5) is 4.39 Å². The van der Waals surface area contributed by atoms with E-state index in [0.29, 0.717) is 17.4 Å². The number of aromatic nitrogens is 2. The van der Waals surface area contributed by atoms with E-state index in [9.17, 15) is 9.18 Å². The van der Waals surface area contributed by atoms with Crippen molar-refractivity contribution < 1.29 is 13.9 Å². The topological polar surface area (TPSA) is 56.2 Å². The van der Waals surface area contributed by atoms with Gasteiger partial charge in [-0.2, -0.15) is 5.10 Å². The standard InChI is InChI=1S/C16H18FN3O2/c17-13-4-6-14(7-5-13)22-11-20-9-8-15(19-20)16(21)18-10-12-2-1-3-12/h4-9,12H,1-3,10-11H2,(H,18,21). The van der Waals surface area contributed by atoms with Crippen molar-refractivity contribution in [3.8, 4) is 5.75 Å². The van der Waals surface area contributed by atoms with Crippen LogP contribution < -0.4 is 10.1 Å². The summed E-state index contributed by atoms with van der Waals surface area (Å²) in [6.45, 7) is 0.888. The fraction of sp³-hybridized carbons (Fsp3) is 0.375. The molecule has 1 aliphatic rings. The Labute approximate surface area is 128 Å². The van der Waals surface area contributed by atoms with Gasteiger partial charge in [-0.25, -0.2) is 9.07 Å². The molecule has 0 radical (unpaired) electrons. The second-order valence-electron chi connectivity index (χ2n) is 5.47. The van der Waals surface area contributed by atoms with E-state index in [1.807, 2.05) is 0 Å². The first-order chi connectivity index (χ1) is 10.7. The molecule has 1 saturated carbocycles. The number of ether oxygens (including phenoxy) is 1. The highest BCUT2D eigenvalue weighted by molar-refractivity contribution is 5.92. The molecule has 0 bridgehead atoms. The number of rotatable bonds is 6. The van der Waals surface area contributed by atoms with E-state index in [2.05, 4.69) is 10.4 Å². The number of hydrogen-bond acceptors (Lipinski definition) is 3. The third-order valence-corrected chi connectivity index (χ3v) is 3.83. The largest absolute Gasteiger partial charge is 0.471 e. The number of nitrogens with zero attached hydrogens (tertiary/aromatic N) is 2. The zero-order chi connectivity index (χ0) is 15.4. The molecule has 5 nitrogen and oxygen atoms in total. The van der Waals surface area contributed by atoms with Gasteiger partial charge in [0.15, 0.2) is 6.73 Å². The molecule has 1 aliphatic carbocycles. The summed E-state index contributed by atoms with van der Waals surface area (Å²) in [7, 11) is 0. The Morgan fingerprint density at radius 2 is 2.09 bits per heavy atom. The maximum Gasteiger partial charge on any atom is 0.271 e. The van der Waals surface area contributed by atoms with Crippen molar-refractivity contribution in [2.24, 2.45) is 5.92 Å². The van der Waals surface area contributed by atoms with Gasteiger partial charge in [0, 0.05) is 12.7 Å². The normalized spacial score (nSPS) is 14.4. The molecule has 0 atom stereocenters. The van der Waals surface area contributed by atoms with E-state index in [1.165, 1.54) is 36.1 Å². The number of carbonyl (C=O) groups excluding carboxylic acids is 1. The van der Waals surface area contributed by atoms with Gasteiger partial charge in [0.25, 0.3) is 5.91 Å². The summed E-state index contributed by atoms with van der Waals surface area (Å²) in [5, 5.41) is 7.07. The lowest BCUT2D eigenvalue weighted by Gasteiger charge is -2.25. The predicted molar refractivity (Wildman–Crippen MR) is 78.9 cm³/mol. The van der Waals surface area contributed by atoms with Gasteiger partial charge in [0.2, 0.25) is 0 Å². The summed E-state index contributed by atoms with van der Waals surface area (Å²) in [5.74, 6) is 0.699. The number of benzene rings is 1. The SMILES string of the molecule is O=C(NCC1CCC1)c1ccn(COc2ccc(F)cc2)n1. The number of amides is 1. The zero-order valence-corrected chi connectivity index (χ0v) is 12.2. The van der Waals surface area contributed by atoms with Crippen molar-refractivity contribution in [3.63, 3.8) is 0 Å². The van der Waals surface area contributed by atoms with Crippen LogP contribution >= 0.6 is 0 Å². The molecular weight excluding hydrogens is 285 g/mol. The molecule has 1 aromatic heterocycles. The van der Waals surface area contributed by atoms with Gasteiger partial charge in [-0.05, 0) is 49.1 Å². The summed E-state index contributed by atoms with van der Waals surface area (Å²) in [5.41, 5.74) is 0.377. The highest BCUT2D eigenvalue weighted by Crippen LogP contribution is 2.25. The number of halogens is 1. The average molecular weight is 303 g/mol. The van der Waals surface area contributed by atoms with Crippen LogP contribution in [-0.2, 0) is 6.73 Å². The van der Waals surface area contributed by atoms with Crippen LogP contribution in [0.1, 0.15) is 29.8 Å².